The van der Waals surface area contributed by atoms with Gasteiger partial charge in [-0.1, -0.05) is 13.3 Å². The molecule has 0 aromatic heterocycles. The molecule has 0 spiro atoms. The molecule has 2 heteroatoms. The molecule has 1 N–H and O–H groups in total. The van der Waals surface area contributed by atoms with Crippen molar-refractivity contribution in [3.8, 4) is 0 Å². The van der Waals surface area contributed by atoms with Gasteiger partial charge in [-0.25, -0.2) is 0 Å². The molecule has 4 atom stereocenters. The topological polar surface area (TPSA) is 15.3 Å². The van der Waals surface area contributed by atoms with Gasteiger partial charge in [0.1, 0.15) is 0 Å². The first-order valence-electron chi connectivity index (χ1n) is 7.81. The van der Waals surface area contributed by atoms with Gasteiger partial charge in [-0.05, 0) is 62.9 Å². The molecule has 2 bridgehead atoms. The van der Waals surface area contributed by atoms with Crippen LogP contribution in [-0.2, 0) is 0 Å². The maximum absolute atomic E-state index is 3.68. The monoisotopic (exact) mass is 236 g/mol. The number of nitrogens with one attached hydrogen (secondary N) is 1. The Balaban J connectivity index is 1.41. The second kappa shape index (κ2) is 5.27. The highest BCUT2D eigenvalue weighted by atomic mass is 15.2. The molecule has 17 heavy (non-hydrogen) atoms. The van der Waals surface area contributed by atoms with Gasteiger partial charge in [0.05, 0.1) is 0 Å². The molecular formula is C15H28N2. The summed E-state index contributed by atoms with van der Waals surface area (Å²) in [6.07, 6.45) is 8.84. The smallest absolute Gasteiger partial charge is 0.0207 e. The Hall–Kier alpha value is -0.0800. The lowest BCUT2D eigenvalue weighted by molar-refractivity contribution is 0.216. The zero-order valence-corrected chi connectivity index (χ0v) is 11.3. The summed E-state index contributed by atoms with van der Waals surface area (Å²) in [4.78, 5) is 2.73. The number of rotatable bonds is 5. The van der Waals surface area contributed by atoms with Crippen LogP contribution in [0.25, 0.3) is 0 Å². The molecule has 0 radical (unpaired) electrons. The van der Waals surface area contributed by atoms with Crippen LogP contribution in [0.3, 0.4) is 0 Å². The van der Waals surface area contributed by atoms with E-state index >= 15 is 0 Å². The van der Waals surface area contributed by atoms with Gasteiger partial charge in [0.15, 0.2) is 0 Å². The van der Waals surface area contributed by atoms with Crippen molar-refractivity contribution in [2.24, 2.45) is 17.8 Å². The van der Waals surface area contributed by atoms with E-state index in [0.717, 1.165) is 23.8 Å². The number of hydrogen-bond acceptors (Lipinski definition) is 2. The normalized spacial score (nSPS) is 41.5. The molecule has 3 rings (SSSR count). The molecule has 2 saturated carbocycles. The van der Waals surface area contributed by atoms with E-state index in [9.17, 15) is 0 Å². The van der Waals surface area contributed by atoms with E-state index in [1.807, 2.05) is 0 Å². The third kappa shape index (κ3) is 2.68. The van der Waals surface area contributed by atoms with Crippen LogP contribution in [0.1, 0.15) is 45.4 Å². The average Bonchev–Trinajstić information content (AvgIpc) is 3.02. The van der Waals surface area contributed by atoms with Crippen LogP contribution in [0.2, 0.25) is 0 Å². The fourth-order valence-corrected chi connectivity index (χ4v) is 4.45. The number of fused-ring (bicyclic) bond motifs is 2. The first-order chi connectivity index (χ1) is 8.35. The Morgan fingerprint density at radius 2 is 2.12 bits per heavy atom. The minimum atomic E-state index is 0.786. The average molecular weight is 236 g/mol. The predicted molar refractivity (Wildman–Crippen MR) is 72.1 cm³/mol. The molecule has 1 heterocycles. The highest BCUT2D eigenvalue weighted by Crippen LogP contribution is 2.48. The van der Waals surface area contributed by atoms with Gasteiger partial charge < -0.3 is 10.2 Å². The van der Waals surface area contributed by atoms with Crippen molar-refractivity contribution in [3.63, 3.8) is 0 Å². The van der Waals surface area contributed by atoms with Crippen molar-refractivity contribution < 1.29 is 0 Å². The van der Waals surface area contributed by atoms with Gasteiger partial charge in [0, 0.05) is 19.1 Å². The number of likely N-dealkylation sites (tertiary alicyclic amines) is 1. The Bertz CT molecular complexity index is 253. The molecule has 0 aromatic carbocycles. The quantitative estimate of drug-likeness (QED) is 0.789. The molecule has 98 valence electrons. The van der Waals surface area contributed by atoms with E-state index in [1.165, 1.54) is 39.0 Å². The second-order valence-electron chi connectivity index (χ2n) is 6.63. The molecule has 2 nitrogen and oxygen atoms in total. The molecule has 3 fully saturated rings. The molecule has 4 unspecified atom stereocenters. The molecule has 0 aromatic rings. The van der Waals surface area contributed by atoms with E-state index in [0.29, 0.717) is 0 Å². The maximum Gasteiger partial charge on any atom is 0.0207 e. The summed E-state index contributed by atoms with van der Waals surface area (Å²) < 4.78 is 0. The van der Waals surface area contributed by atoms with Crippen molar-refractivity contribution >= 4 is 0 Å². The minimum Gasteiger partial charge on any atom is -0.313 e. The predicted octanol–water partition coefficient (Wildman–Crippen LogP) is 2.50. The lowest BCUT2D eigenvalue weighted by Gasteiger charge is -2.27. The van der Waals surface area contributed by atoms with Crippen molar-refractivity contribution in [3.05, 3.63) is 0 Å². The van der Waals surface area contributed by atoms with Crippen LogP contribution in [0.4, 0.5) is 0 Å². The van der Waals surface area contributed by atoms with Crippen molar-refractivity contribution in [2.45, 2.75) is 51.5 Å². The fourth-order valence-electron chi connectivity index (χ4n) is 4.45. The van der Waals surface area contributed by atoms with E-state index in [4.69, 9.17) is 0 Å². The zero-order chi connectivity index (χ0) is 11.7. The maximum atomic E-state index is 3.68. The summed E-state index contributed by atoms with van der Waals surface area (Å²) >= 11 is 0. The minimum absolute atomic E-state index is 0.786. The lowest BCUT2D eigenvalue weighted by atomic mass is 9.88. The molecule has 0 amide bonds. The third-order valence-electron chi connectivity index (χ3n) is 5.33. The van der Waals surface area contributed by atoms with E-state index < -0.39 is 0 Å². The zero-order valence-electron chi connectivity index (χ0n) is 11.3. The summed E-state index contributed by atoms with van der Waals surface area (Å²) in [5, 5.41) is 3.68. The van der Waals surface area contributed by atoms with Crippen LogP contribution >= 0.6 is 0 Å². The third-order valence-corrected chi connectivity index (χ3v) is 5.33. The fraction of sp³-hybridized carbons (Fsp3) is 1.00. The molecule has 1 aliphatic heterocycles. The van der Waals surface area contributed by atoms with Gasteiger partial charge in [0.2, 0.25) is 0 Å². The summed E-state index contributed by atoms with van der Waals surface area (Å²) in [5.74, 6) is 3.27. The molecule has 2 aliphatic carbocycles. The Morgan fingerprint density at radius 1 is 1.18 bits per heavy atom. The second-order valence-corrected chi connectivity index (χ2v) is 6.63. The Morgan fingerprint density at radius 3 is 2.82 bits per heavy atom. The SMILES string of the molecule is CCCNC1CCN(CC2CC3CCC2C3)C1. The van der Waals surface area contributed by atoms with Crippen molar-refractivity contribution in [1.29, 1.82) is 0 Å². The first-order valence-corrected chi connectivity index (χ1v) is 7.81. The molecule has 1 saturated heterocycles. The van der Waals surface area contributed by atoms with Crippen LogP contribution in [-0.4, -0.2) is 37.1 Å². The van der Waals surface area contributed by atoms with Crippen LogP contribution < -0.4 is 5.32 Å². The van der Waals surface area contributed by atoms with Gasteiger partial charge >= 0.3 is 0 Å². The van der Waals surface area contributed by atoms with Gasteiger partial charge in [-0.2, -0.15) is 0 Å². The number of nitrogens with zero attached hydrogens (tertiary/aromatic N) is 1. The Labute approximate surface area is 106 Å². The standard InChI is InChI=1S/C15H28N2/c1-2-6-16-15-5-7-17(11-15)10-14-9-12-3-4-13(14)8-12/h12-16H,2-11H2,1H3. The van der Waals surface area contributed by atoms with Crippen LogP contribution in [0.5, 0.6) is 0 Å². The van der Waals surface area contributed by atoms with Crippen LogP contribution in [0, 0.1) is 17.8 Å². The highest BCUT2D eigenvalue weighted by molar-refractivity contribution is 4.92. The summed E-state index contributed by atoms with van der Waals surface area (Å²) in [6, 6.07) is 0.786. The summed E-state index contributed by atoms with van der Waals surface area (Å²) in [5.41, 5.74) is 0. The van der Waals surface area contributed by atoms with E-state index in [1.54, 1.807) is 25.7 Å². The van der Waals surface area contributed by atoms with Crippen molar-refractivity contribution in [1.82, 2.24) is 10.2 Å². The van der Waals surface area contributed by atoms with Gasteiger partial charge in [-0.15, -0.1) is 0 Å². The molecular weight excluding hydrogens is 208 g/mol. The summed E-state index contributed by atoms with van der Waals surface area (Å²) in [7, 11) is 0. The highest BCUT2D eigenvalue weighted by Gasteiger charge is 2.40. The van der Waals surface area contributed by atoms with Gasteiger partial charge in [-0.3, -0.25) is 0 Å². The van der Waals surface area contributed by atoms with Crippen molar-refractivity contribution in [2.75, 3.05) is 26.2 Å². The lowest BCUT2D eigenvalue weighted by Crippen LogP contribution is -2.35. The Kier molecular flexibility index (Phi) is 3.72. The molecule has 3 aliphatic rings. The first kappa shape index (κ1) is 12.0. The van der Waals surface area contributed by atoms with E-state index in [-0.39, 0.29) is 0 Å². The number of hydrogen-bond donors (Lipinski definition) is 1. The van der Waals surface area contributed by atoms with Gasteiger partial charge in [0.25, 0.3) is 0 Å². The summed E-state index contributed by atoms with van der Waals surface area (Å²) in [6.45, 7) is 7.52. The van der Waals surface area contributed by atoms with E-state index in [2.05, 4.69) is 17.1 Å². The van der Waals surface area contributed by atoms with Crippen LogP contribution in [0.15, 0.2) is 0 Å². The largest absolute Gasteiger partial charge is 0.313 e.